The first kappa shape index (κ1) is 17.5. The van der Waals surface area contributed by atoms with E-state index in [9.17, 15) is 9.59 Å². The Bertz CT molecular complexity index is 682. The van der Waals surface area contributed by atoms with E-state index in [0.717, 1.165) is 10.4 Å². The lowest BCUT2D eigenvalue weighted by Gasteiger charge is -2.19. The Morgan fingerprint density at radius 2 is 2.09 bits per heavy atom. The van der Waals surface area contributed by atoms with Gasteiger partial charge in [0.15, 0.2) is 0 Å². The van der Waals surface area contributed by atoms with Gasteiger partial charge in [-0.3, -0.25) is 4.79 Å². The quantitative estimate of drug-likeness (QED) is 0.608. The molecular formula is C18H23NO3S. The Hall–Kier alpha value is -1.88. The van der Waals surface area contributed by atoms with Crippen molar-refractivity contribution in [1.82, 2.24) is 4.90 Å². The topological polar surface area (TPSA) is 46.6 Å². The van der Waals surface area contributed by atoms with Gasteiger partial charge in [-0.2, -0.15) is 0 Å². The van der Waals surface area contributed by atoms with Gasteiger partial charge in [-0.05, 0) is 49.8 Å². The van der Waals surface area contributed by atoms with E-state index in [4.69, 9.17) is 4.74 Å². The van der Waals surface area contributed by atoms with Crippen LogP contribution in [0.4, 0.5) is 0 Å². The smallest absolute Gasteiger partial charge is 0.340 e. The SMILES string of the molecule is CCOC(=O)C1=C(C)N(CC(C)C)C(=O)/C1=C\c1sccc1C. The second-order valence-corrected chi connectivity index (χ2v) is 6.96. The van der Waals surface area contributed by atoms with E-state index in [1.807, 2.05) is 31.4 Å². The lowest BCUT2D eigenvalue weighted by Crippen LogP contribution is -2.28. The first-order chi connectivity index (χ1) is 10.9. The Labute approximate surface area is 141 Å². The highest BCUT2D eigenvalue weighted by atomic mass is 32.1. The molecule has 1 aliphatic rings. The molecule has 23 heavy (non-hydrogen) atoms. The molecule has 4 nitrogen and oxygen atoms in total. The summed E-state index contributed by atoms with van der Waals surface area (Å²) in [5.74, 6) is -0.225. The van der Waals surface area contributed by atoms with Crippen molar-refractivity contribution in [2.45, 2.75) is 34.6 Å². The Morgan fingerprint density at radius 3 is 2.61 bits per heavy atom. The van der Waals surface area contributed by atoms with Crippen LogP contribution in [0.15, 0.2) is 28.3 Å². The van der Waals surface area contributed by atoms with Crippen molar-refractivity contribution < 1.29 is 14.3 Å². The second-order valence-electron chi connectivity index (χ2n) is 6.02. The molecule has 0 aliphatic carbocycles. The summed E-state index contributed by atoms with van der Waals surface area (Å²) in [6, 6.07) is 2.00. The van der Waals surface area contributed by atoms with Gasteiger partial charge in [-0.15, -0.1) is 11.3 Å². The molecule has 0 fully saturated rings. The zero-order valence-electron chi connectivity index (χ0n) is 14.3. The van der Waals surface area contributed by atoms with Gasteiger partial charge in [0.1, 0.15) is 0 Å². The summed E-state index contributed by atoms with van der Waals surface area (Å²) in [7, 11) is 0. The number of ether oxygens (including phenoxy) is 1. The monoisotopic (exact) mass is 333 g/mol. The van der Waals surface area contributed by atoms with E-state index in [1.165, 1.54) is 0 Å². The summed E-state index contributed by atoms with van der Waals surface area (Å²) < 4.78 is 5.16. The van der Waals surface area contributed by atoms with Crippen LogP contribution in [0.1, 0.15) is 38.1 Å². The van der Waals surface area contributed by atoms with Crippen molar-refractivity contribution in [3.63, 3.8) is 0 Å². The van der Waals surface area contributed by atoms with Crippen molar-refractivity contribution in [3.8, 4) is 0 Å². The number of aryl methyl sites for hydroxylation is 1. The van der Waals surface area contributed by atoms with Crippen molar-refractivity contribution in [2.24, 2.45) is 5.92 Å². The molecule has 1 amide bonds. The maximum atomic E-state index is 12.8. The van der Waals surface area contributed by atoms with Crippen LogP contribution in [-0.2, 0) is 14.3 Å². The summed E-state index contributed by atoms with van der Waals surface area (Å²) in [6.07, 6.45) is 1.82. The summed E-state index contributed by atoms with van der Waals surface area (Å²) in [6.45, 7) is 10.6. The largest absolute Gasteiger partial charge is 0.462 e. The predicted molar refractivity (Wildman–Crippen MR) is 92.9 cm³/mol. The first-order valence-corrected chi connectivity index (χ1v) is 8.70. The fraction of sp³-hybridized carbons (Fsp3) is 0.444. The van der Waals surface area contributed by atoms with Crippen LogP contribution in [0, 0.1) is 12.8 Å². The van der Waals surface area contributed by atoms with Crippen LogP contribution < -0.4 is 0 Å². The van der Waals surface area contributed by atoms with Crippen molar-refractivity contribution in [3.05, 3.63) is 38.7 Å². The summed E-state index contributed by atoms with van der Waals surface area (Å²) in [5.41, 5.74) is 2.61. The van der Waals surface area contributed by atoms with Crippen molar-refractivity contribution in [1.29, 1.82) is 0 Å². The van der Waals surface area contributed by atoms with Crippen molar-refractivity contribution in [2.75, 3.05) is 13.2 Å². The molecule has 124 valence electrons. The van der Waals surface area contributed by atoms with Crippen molar-refractivity contribution >= 4 is 29.3 Å². The van der Waals surface area contributed by atoms with Crippen LogP contribution in [0.25, 0.3) is 6.08 Å². The number of nitrogens with zero attached hydrogens (tertiary/aromatic N) is 1. The van der Waals surface area contributed by atoms with Gasteiger partial charge in [-0.25, -0.2) is 4.79 Å². The van der Waals surface area contributed by atoms with Gasteiger partial charge in [0.2, 0.25) is 0 Å². The number of hydrogen-bond donors (Lipinski definition) is 0. The molecule has 0 aromatic carbocycles. The number of thiophene rings is 1. The van der Waals surface area contributed by atoms with E-state index in [-0.39, 0.29) is 5.91 Å². The van der Waals surface area contributed by atoms with E-state index in [0.29, 0.717) is 35.9 Å². The summed E-state index contributed by atoms with van der Waals surface area (Å²) >= 11 is 1.56. The van der Waals surface area contributed by atoms with Gasteiger partial charge < -0.3 is 9.64 Å². The van der Waals surface area contributed by atoms with E-state index in [1.54, 1.807) is 23.2 Å². The molecule has 0 N–H and O–H groups in total. The highest BCUT2D eigenvalue weighted by Gasteiger charge is 2.37. The molecule has 0 bridgehead atoms. The number of amides is 1. The average molecular weight is 333 g/mol. The minimum Gasteiger partial charge on any atom is -0.462 e. The molecule has 2 rings (SSSR count). The first-order valence-electron chi connectivity index (χ1n) is 7.82. The molecule has 5 heteroatoms. The average Bonchev–Trinajstić information content (AvgIpc) is 2.97. The Balaban J connectivity index is 2.50. The normalized spacial score (nSPS) is 16.9. The molecule has 0 radical (unpaired) electrons. The molecular weight excluding hydrogens is 310 g/mol. The third-order valence-electron chi connectivity index (χ3n) is 3.72. The molecule has 0 saturated carbocycles. The lowest BCUT2D eigenvalue weighted by atomic mass is 10.1. The van der Waals surface area contributed by atoms with E-state index in [2.05, 4.69) is 13.8 Å². The summed E-state index contributed by atoms with van der Waals surface area (Å²) in [4.78, 5) is 27.9. The molecule has 0 saturated heterocycles. The standard InChI is InChI=1S/C18H23NO3S/c1-6-22-18(21)16-13(5)19(10-11(2)3)17(20)14(16)9-15-12(4)7-8-23-15/h7-9,11H,6,10H2,1-5H3/b14-9-. The number of esters is 1. The van der Waals surface area contributed by atoms with E-state index >= 15 is 0 Å². The predicted octanol–water partition coefficient (Wildman–Crippen LogP) is 3.78. The Morgan fingerprint density at radius 1 is 1.39 bits per heavy atom. The third kappa shape index (κ3) is 3.55. The molecule has 0 atom stereocenters. The molecule has 0 spiro atoms. The molecule has 0 unspecified atom stereocenters. The lowest BCUT2D eigenvalue weighted by molar-refractivity contribution is -0.138. The van der Waals surface area contributed by atoms with E-state index < -0.39 is 5.97 Å². The van der Waals surface area contributed by atoms with Crippen LogP contribution in [0.2, 0.25) is 0 Å². The maximum absolute atomic E-state index is 12.8. The van der Waals surface area contributed by atoms with Crippen LogP contribution in [0.3, 0.4) is 0 Å². The van der Waals surface area contributed by atoms with Gasteiger partial charge in [0.05, 0.1) is 17.8 Å². The fourth-order valence-electron chi connectivity index (χ4n) is 2.58. The minimum atomic E-state index is -0.426. The molecule has 1 aromatic rings. The van der Waals surface area contributed by atoms with Crippen LogP contribution in [-0.4, -0.2) is 29.9 Å². The zero-order chi connectivity index (χ0) is 17.1. The zero-order valence-corrected chi connectivity index (χ0v) is 15.1. The maximum Gasteiger partial charge on any atom is 0.340 e. The number of allylic oxidation sites excluding steroid dienone is 1. The van der Waals surface area contributed by atoms with Crippen LogP contribution in [0.5, 0.6) is 0 Å². The second kappa shape index (κ2) is 7.13. The molecule has 1 aromatic heterocycles. The highest BCUT2D eigenvalue weighted by Crippen LogP contribution is 2.33. The van der Waals surface area contributed by atoms with Gasteiger partial charge >= 0.3 is 5.97 Å². The molecule has 2 heterocycles. The van der Waals surface area contributed by atoms with Crippen LogP contribution >= 0.6 is 11.3 Å². The minimum absolute atomic E-state index is 0.118. The Kier molecular flexibility index (Phi) is 5.42. The van der Waals surface area contributed by atoms with Gasteiger partial charge in [0, 0.05) is 17.1 Å². The number of carbonyl (C=O) groups excluding carboxylic acids is 2. The third-order valence-corrected chi connectivity index (χ3v) is 4.68. The van der Waals surface area contributed by atoms with Gasteiger partial charge in [0.25, 0.3) is 5.91 Å². The number of carbonyl (C=O) groups is 2. The summed E-state index contributed by atoms with van der Waals surface area (Å²) in [5, 5.41) is 1.98. The fourth-order valence-corrected chi connectivity index (χ4v) is 3.44. The highest BCUT2D eigenvalue weighted by molar-refractivity contribution is 7.11. The van der Waals surface area contributed by atoms with Gasteiger partial charge in [-0.1, -0.05) is 13.8 Å². The molecule has 1 aliphatic heterocycles. The number of hydrogen-bond acceptors (Lipinski definition) is 4. The number of rotatable bonds is 5.